The zero-order valence-corrected chi connectivity index (χ0v) is 12.6. The first-order chi connectivity index (χ1) is 10.8. The number of halogens is 6. The van der Waals surface area contributed by atoms with Crippen molar-refractivity contribution in [2.75, 3.05) is 4.72 Å². The number of sulfonamides is 1. The second-order valence-corrected chi connectivity index (χ2v) is 6.40. The smallest absolute Gasteiger partial charge is 0.274 e. The monoisotopic (exact) mass is 373 g/mol. The van der Waals surface area contributed by atoms with Gasteiger partial charge in [0.25, 0.3) is 10.0 Å². The first-order valence-corrected chi connectivity index (χ1v) is 7.59. The topological polar surface area (TPSA) is 64.0 Å². The Bertz CT molecular complexity index is 822. The van der Waals surface area contributed by atoms with Crippen LogP contribution in [-0.4, -0.2) is 18.2 Å². The summed E-state index contributed by atoms with van der Waals surface area (Å²) in [5.41, 5.74) is -3.45. The molecule has 1 aromatic heterocycles. The molecule has 1 heterocycles. The molecule has 0 atom stereocenters. The van der Waals surface area contributed by atoms with Crippen molar-refractivity contribution in [3.63, 3.8) is 0 Å². The van der Waals surface area contributed by atoms with Crippen LogP contribution in [0.2, 0.25) is 0 Å². The van der Waals surface area contributed by atoms with Crippen LogP contribution in [-0.2, 0) is 29.4 Å². The summed E-state index contributed by atoms with van der Waals surface area (Å²) >= 11 is 0. The SMILES string of the molecule is Cn1ccc(NS(=O)(=O)c2cc(C(F)(F)F)cc(C(F)(F)F)c2)n1. The van der Waals surface area contributed by atoms with Gasteiger partial charge in [0.1, 0.15) is 0 Å². The molecule has 0 aliphatic rings. The molecule has 0 aliphatic carbocycles. The molecule has 1 N–H and O–H groups in total. The predicted octanol–water partition coefficient (Wildman–Crippen LogP) is 3.26. The van der Waals surface area contributed by atoms with E-state index in [1.807, 2.05) is 4.72 Å². The van der Waals surface area contributed by atoms with E-state index < -0.39 is 38.4 Å². The maximum atomic E-state index is 12.8. The van der Waals surface area contributed by atoms with Gasteiger partial charge in [0.2, 0.25) is 0 Å². The van der Waals surface area contributed by atoms with Crippen molar-refractivity contribution in [3.8, 4) is 0 Å². The van der Waals surface area contributed by atoms with Crippen LogP contribution in [0.15, 0.2) is 35.4 Å². The van der Waals surface area contributed by atoms with Gasteiger partial charge in [-0.25, -0.2) is 8.42 Å². The minimum Gasteiger partial charge on any atom is -0.274 e. The van der Waals surface area contributed by atoms with Gasteiger partial charge in [0.15, 0.2) is 5.82 Å². The lowest BCUT2D eigenvalue weighted by Gasteiger charge is -2.14. The number of anilines is 1. The fourth-order valence-electron chi connectivity index (χ4n) is 1.75. The van der Waals surface area contributed by atoms with Crippen molar-refractivity contribution < 1.29 is 34.8 Å². The second kappa shape index (κ2) is 5.69. The van der Waals surface area contributed by atoms with Crippen molar-refractivity contribution in [1.82, 2.24) is 9.78 Å². The van der Waals surface area contributed by atoms with Gasteiger partial charge in [0.05, 0.1) is 16.0 Å². The van der Waals surface area contributed by atoms with Gasteiger partial charge in [-0.15, -0.1) is 0 Å². The van der Waals surface area contributed by atoms with E-state index in [1.54, 1.807) is 0 Å². The highest BCUT2D eigenvalue weighted by atomic mass is 32.2. The number of benzene rings is 1. The van der Waals surface area contributed by atoms with Crippen molar-refractivity contribution in [3.05, 3.63) is 41.6 Å². The normalized spacial score (nSPS) is 13.1. The standard InChI is InChI=1S/C12H9F6N3O2S/c1-21-3-2-10(19-21)20-24(22,23)9-5-7(11(13,14)15)4-8(6-9)12(16,17)18/h2-6H,1H3,(H,19,20). The fourth-order valence-corrected chi connectivity index (χ4v) is 2.81. The molecule has 0 aliphatic heterocycles. The minimum absolute atomic E-state index is 0.126. The zero-order chi connectivity index (χ0) is 18.3. The summed E-state index contributed by atoms with van der Waals surface area (Å²) in [7, 11) is -3.24. The number of nitrogens with one attached hydrogen (secondary N) is 1. The molecule has 2 rings (SSSR count). The third-order valence-corrected chi connectivity index (χ3v) is 4.16. The van der Waals surface area contributed by atoms with E-state index >= 15 is 0 Å². The molecule has 2 aromatic rings. The van der Waals surface area contributed by atoms with Crippen molar-refractivity contribution in [2.24, 2.45) is 7.05 Å². The molecular formula is C12H9F6N3O2S. The summed E-state index contributed by atoms with van der Waals surface area (Å²) in [6.07, 6.45) is -8.95. The number of aryl methyl sites for hydroxylation is 1. The highest BCUT2D eigenvalue weighted by Crippen LogP contribution is 2.37. The molecule has 0 saturated heterocycles. The number of nitrogens with zero attached hydrogens (tertiary/aromatic N) is 2. The molecule has 0 radical (unpaired) electrons. The molecule has 12 heteroatoms. The van der Waals surface area contributed by atoms with Crippen LogP contribution < -0.4 is 4.72 Å². The summed E-state index contributed by atoms with van der Waals surface area (Å²) in [4.78, 5) is -1.17. The number of hydrogen-bond donors (Lipinski definition) is 1. The Balaban J connectivity index is 2.55. The van der Waals surface area contributed by atoms with E-state index in [0.29, 0.717) is 0 Å². The molecule has 132 valence electrons. The van der Waals surface area contributed by atoms with Crippen LogP contribution in [0.4, 0.5) is 32.2 Å². The summed E-state index contributed by atoms with van der Waals surface area (Å²) in [6.45, 7) is 0. The number of rotatable bonds is 3. The van der Waals surface area contributed by atoms with E-state index in [1.165, 1.54) is 24.0 Å². The molecule has 0 spiro atoms. The Morgan fingerprint density at radius 2 is 1.50 bits per heavy atom. The van der Waals surface area contributed by atoms with Gasteiger partial charge in [-0.05, 0) is 18.2 Å². The van der Waals surface area contributed by atoms with E-state index in [9.17, 15) is 34.8 Å². The maximum Gasteiger partial charge on any atom is 0.416 e. The molecule has 0 bridgehead atoms. The van der Waals surface area contributed by atoms with Crippen molar-refractivity contribution >= 4 is 15.8 Å². The lowest BCUT2D eigenvalue weighted by atomic mass is 10.1. The zero-order valence-electron chi connectivity index (χ0n) is 11.8. The quantitative estimate of drug-likeness (QED) is 0.840. The number of hydrogen-bond acceptors (Lipinski definition) is 3. The largest absolute Gasteiger partial charge is 0.416 e. The fraction of sp³-hybridized carbons (Fsp3) is 0.250. The lowest BCUT2D eigenvalue weighted by molar-refractivity contribution is -0.143. The lowest BCUT2D eigenvalue weighted by Crippen LogP contribution is -2.17. The van der Waals surface area contributed by atoms with Gasteiger partial charge >= 0.3 is 12.4 Å². The van der Waals surface area contributed by atoms with Gasteiger partial charge in [-0.1, -0.05) is 0 Å². The molecule has 0 saturated carbocycles. The highest BCUT2D eigenvalue weighted by Gasteiger charge is 2.38. The second-order valence-electron chi connectivity index (χ2n) is 4.72. The average Bonchev–Trinajstić information content (AvgIpc) is 2.81. The molecule has 5 nitrogen and oxygen atoms in total. The molecule has 0 unspecified atom stereocenters. The highest BCUT2D eigenvalue weighted by molar-refractivity contribution is 7.92. The Kier molecular flexibility index (Phi) is 4.29. The Labute approximate surface area is 131 Å². The van der Waals surface area contributed by atoms with E-state index in [0.717, 1.165) is 0 Å². The van der Waals surface area contributed by atoms with Gasteiger partial charge in [0, 0.05) is 19.3 Å². The summed E-state index contributed by atoms with van der Waals surface area (Å²) in [5, 5.41) is 3.65. The maximum absolute atomic E-state index is 12.8. The van der Waals surface area contributed by atoms with E-state index in [-0.39, 0.29) is 24.0 Å². The average molecular weight is 373 g/mol. The summed E-state index contributed by atoms with van der Waals surface area (Å²) < 4.78 is 104. The Morgan fingerprint density at radius 3 is 1.88 bits per heavy atom. The molecular weight excluding hydrogens is 364 g/mol. The van der Waals surface area contributed by atoms with Crippen LogP contribution >= 0.6 is 0 Å². The van der Waals surface area contributed by atoms with Crippen LogP contribution in [0, 0.1) is 0 Å². The third kappa shape index (κ3) is 3.99. The van der Waals surface area contributed by atoms with E-state index in [4.69, 9.17) is 0 Å². The van der Waals surface area contributed by atoms with Crippen molar-refractivity contribution in [2.45, 2.75) is 17.2 Å². The number of aromatic nitrogens is 2. The van der Waals surface area contributed by atoms with Gasteiger partial charge < -0.3 is 0 Å². The van der Waals surface area contributed by atoms with Crippen LogP contribution in [0.1, 0.15) is 11.1 Å². The summed E-state index contributed by atoms with van der Waals surface area (Å²) in [6, 6.07) is 1.29. The molecule has 0 amide bonds. The van der Waals surface area contributed by atoms with E-state index in [2.05, 4.69) is 5.10 Å². The first-order valence-electron chi connectivity index (χ1n) is 6.11. The number of alkyl halides is 6. The Hall–Kier alpha value is -2.24. The van der Waals surface area contributed by atoms with Crippen LogP contribution in [0.5, 0.6) is 0 Å². The first kappa shape index (κ1) is 18.1. The van der Waals surface area contributed by atoms with Gasteiger partial charge in [-0.2, -0.15) is 31.4 Å². The molecule has 24 heavy (non-hydrogen) atoms. The predicted molar refractivity (Wildman–Crippen MR) is 70.5 cm³/mol. The van der Waals surface area contributed by atoms with Crippen molar-refractivity contribution in [1.29, 1.82) is 0 Å². The molecule has 1 aromatic carbocycles. The third-order valence-electron chi connectivity index (χ3n) is 2.82. The van der Waals surface area contributed by atoms with Crippen LogP contribution in [0.3, 0.4) is 0 Å². The molecule has 0 fully saturated rings. The summed E-state index contributed by atoms with van der Waals surface area (Å²) in [5.74, 6) is -0.247. The van der Waals surface area contributed by atoms with Gasteiger partial charge in [-0.3, -0.25) is 9.40 Å². The Morgan fingerprint density at radius 1 is 1.00 bits per heavy atom. The minimum atomic E-state index is -5.14. The van der Waals surface area contributed by atoms with Crippen LogP contribution in [0.25, 0.3) is 0 Å².